The summed E-state index contributed by atoms with van der Waals surface area (Å²) in [7, 11) is 0. The fourth-order valence-electron chi connectivity index (χ4n) is 2.60. The summed E-state index contributed by atoms with van der Waals surface area (Å²) >= 11 is 0. The van der Waals surface area contributed by atoms with Crippen LogP contribution in [0.15, 0.2) is 67.0 Å². The molecular weight excluding hydrogens is 342 g/mol. The molecule has 4 aromatic rings. The topological polar surface area (TPSA) is 97.6 Å². The van der Waals surface area contributed by atoms with Crippen LogP contribution in [0.2, 0.25) is 0 Å². The maximum Gasteiger partial charge on any atom is 0.269 e. The molecule has 1 amide bonds. The van der Waals surface area contributed by atoms with Crippen LogP contribution in [0.5, 0.6) is 0 Å². The molecular formula is C19H17N7O. The molecule has 2 N–H and O–H groups in total. The average Bonchev–Trinajstić information content (AvgIpc) is 3.26. The Morgan fingerprint density at radius 1 is 0.963 bits per heavy atom. The van der Waals surface area contributed by atoms with Crippen molar-refractivity contribution in [3.63, 3.8) is 0 Å². The number of hydrogen-bond acceptors (Lipinski definition) is 6. The molecule has 0 aliphatic carbocycles. The number of aromatic nitrogens is 5. The van der Waals surface area contributed by atoms with Crippen molar-refractivity contribution in [1.82, 2.24) is 30.3 Å². The summed E-state index contributed by atoms with van der Waals surface area (Å²) < 4.78 is 1.63. The summed E-state index contributed by atoms with van der Waals surface area (Å²) in [6.07, 6.45) is 3.48. The largest absolute Gasteiger partial charge is 0.367 e. The van der Waals surface area contributed by atoms with Gasteiger partial charge in [0.2, 0.25) is 0 Å². The van der Waals surface area contributed by atoms with Gasteiger partial charge in [0, 0.05) is 30.9 Å². The number of rotatable bonds is 6. The van der Waals surface area contributed by atoms with Crippen LogP contribution < -0.4 is 10.6 Å². The molecule has 3 heterocycles. The van der Waals surface area contributed by atoms with Gasteiger partial charge in [0.05, 0.1) is 5.52 Å². The van der Waals surface area contributed by atoms with E-state index in [1.165, 1.54) is 0 Å². The number of nitrogens with one attached hydrogen (secondary N) is 2. The van der Waals surface area contributed by atoms with Gasteiger partial charge >= 0.3 is 0 Å². The molecule has 8 nitrogen and oxygen atoms in total. The summed E-state index contributed by atoms with van der Waals surface area (Å²) in [5, 5.41) is 19.3. The van der Waals surface area contributed by atoms with E-state index in [-0.39, 0.29) is 5.91 Å². The summed E-state index contributed by atoms with van der Waals surface area (Å²) in [5.41, 5.74) is 1.20. The van der Waals surface area contributed by atoms with Crippen LogP contribution in [0, 0.1) is 0 Å². The van der Waals surface area contributed by atoms with Gasteiger partial charge in [0.15, 0.2) is 5.82 Å². The van der Waals surface area contributed by atoms with Gasteiger partial charge in [-0.25, -0.2) is 9.67 Å². The highest BCUT2D eigenvalue weighted by Gasteiger charge is 2.07. The quantitative estimate of drug-likeness (QED) is 0.511. The molecule has 0 saturated carbocycles. The molecule has 27 heavy (non-hydrogen) atoms. The molecule has 134 valence electrons. The maximum atomic E-state index is 12.2. The Kier molecular flexibility index (Phi) is 4.69. The molecule has 3 aromatic heterocycles. The van der Waals surface area contributed by atoms with Gasteiger partial charge in [0.1, 0.15) is 11.5 Å². The van der Waals surface area contributed by atoms with Crippen molar-refractivity contribution in [2.24, 2.45) is 0 Å². The minimum absolute atomic E-state index is 0.206. The SMILES string of the molecule is O=C(NCCNc1ccc(-n2cccn2)nn1)c1ccc2ccccc2n1. The lowest BCUT2D eigenvalue weighted by molar-refractivity contribution is 0.0950. The lowest BCUT2D eigenvalue weighted by Gasteiger charge is -2.08. The van der Waals surface area contributed by atoms with Crippen molar-refractivity contribution in [2.75, 3.05) is 18.4 Å². The summed E-state index contributed by atoms with van der Waals surface area (Å²) in [6, 6.07) is 16.8. The first kappa shape index (κ1) is 16.6. The van der Waals surface area contributed by atoms with Gasteiger partial charge in [-0.15, -0.1) is 10.2 Å². The first-order chi connectivity index (χ1) is 13.3. The highest BCUT2D eigenvalue weighted by Crippen LogP contribution is 2.11. The number of hydrogen-bond donors (Lipinski definition) is 2. The monoisotopic (exact) mass is 359 g/mol. The minimum atomic E-state index is -0.206. The average molecular weight is 359 g/mol. The van der Waals surface area contributed by atoms with Gasteiger partial charge in [-0.05, 0) is 30.3 Å². The van der Waals surface area contributed by atoms with E-state index in [4.69, 9.17) is 0 Å². The van der Waals surface area contributed by atoms with Crippen molar-refractivity contribution in [3.05, 3.63) is 72.7 Å². The van der Waals surface area contributed by atoms with Gasteiger partial charge in [0.25, 0.3) is 5.91 Å². The van der Waals surface area contributed by atoms with Gasteiger partial charge in [-0.3, -0.25) is 4.79 Å². The van der Waals surface area contributed by atoms with E-state index in [2.05, 4.69) is 30.9 Å². The Labute approximate surface area is 155 Å². The summed E-state index contributed by atoms with van der Waals surface area (Å²) in [5.74, 6) is 1.06. The normalized spacial score (nSPS) is 10.7. The Hall–Kier alpha value is -3.81. The maximum absolute atomic E-state index is 12.2. The van der Waals surface area contributed by atoms with E-state index in [1.54, 1.807) is 23.1 Å². The molecule has 0 saturated heterocycles. The van der Waals surface area contributed by atoms with E-state index in [9.17, 15) is 4.79 Å². The number of para-hydroxylation sites is 1. The molecule has 0 aliphatic rings. The molecule has 0 unspecified atom stereocenters. The highest BCUT2D eigenvalue weighted by molar-refractivity contribution is 5.94. The van der Waals surface area contributed by atoms with Crippen molar-refractivity contribution in [2.45, 2.75) is 0 Å². The Morgan fingerprint density at radius 2 is 1.89 bits per heavy atom. The van der Waals surface area contributed by atoms with Crippen molar-refractivity contribution in [3.8, 4) is 5.82 Å². The lowest BCUT2D eigenvalue weighted by atomic mass is 10.2. The Morgan fingerprint density at radius 3 is 2.70 bits per heavy atom. The lowest BCUT2D eigenvalue weighted by Crippen LogP contribution is -2.29. The fourth-order valence-corrected chi connectivity index (χ4v) is 2.60. The molecule has 0 radical (unpaired) electrons. The summed E-state index contributed by atoms with van der Waals surface area (Å²) in [4.78, 5) is 16.6. The van der Waals surface area contributed by atoms with E-state index in [0.717, 1.165) is 10.9 Å². The molecule has 0 bridgehead atoms. The molecule has 4 rings (SSSR count). The van der Waals surface area contributed by atoms with Crippen LogP contribution >= 0.6 is 0 Å². The Balaban J connectivity index is 1.28. The van der Waals surface area contributed by atoms with Crippen molar-refractivity contribution < 1.29 is 4.79 Å². The second kappa shape index (κ2) is 7.61. The summed E-state index contributed by atoms with van der Waals surface area (Å²) in [6.45, 7) is 0.963. The number of pyridine rings is 1. The first-order valence-corrected chi connectivity index (χ1v) is 8.51. The van der Waals surface area contributed by atoms with Gasteiger partial charge < -0.3 is 10.6 Å². The van der Waals surface area contributed by atoms with E-state index < -0.39 is 0 Å². The number of carbonyl (C=O) groups is 1. The zero-order valence-electron chi connectivity index (χ0n) is 14.4. The van der Waals surface area contributed by atoms with Crippen LogP contribution in [-0.2, 0) is 0 Å². The smallest absolute Gasteiger partial charge is 0.269 e. The van der Waals surface area contributed by atoms with E-state index in [0.29, 0.717) is 30.4 Å². The van der Waals surface area contributed by atoms with E-state index in [1.807, 2.05) is 48.5 Å². The third-order valence-corrected chi connectivity index (χ3v) is 3.94. The van der Waals surface area contributed by atoms with Crippen molar-refractivity contribution in [1.29, 1.82) is 0 Å². The number of amides is 1. The molecule has 0 atom stereocenters. The number of fused-ring (bicyclic) bond motifs is 1. The molecule has 0 fully saturated rings. The number of nitrogens with zero attached hydrogens (tertiary/aromatic N) is 5. The highest BCUT2D eigenvalue weighted by atomic mass is 16.1. The third-order valence-electron chi connectivity index (χ3n) is 3.94. The number of benzene rings is 1. The first-order valence-electron chi connectivity index (χ1n) is 8.51. The van der Waals surface area contributed by atoms with E-state index >= 15 is 0 Å². The van der Waals surface area contributed by atoms with Crippen LogP contribution in [-0.4, -0.2) is 44.0 Å². The van der Waals surface area contributed by atoms with Crippen LogP contribution in [0.1, 0.15) is 10.5 Å². The number of anilines is 1. The fraction of sp³-hybridized carbons (Fsp3) is 0.105. The zero-order chi connectivity index (χ0) is 18.5. The predicted molar refractivity (Wildman–Crippen MR) is 102 cm³/mol. The zero-order valence-corrected chi connectivity index (χ0v) is 14.4. The van der Waals surface area contributed by atoms with Gasteiger partial charge in [-0.1, -0.05) is 24.3 Å². The van der Waals surface area contributed by atoms with Gasteiger partial charge in [-0.2, -0.15) is 5.10 Å². The second-order valence-electron chi connectivity index (χ2n) is 5.80. The number of carbonyl (C=O) groups excluding carboxylic acids is 1. The predicted octanol–water partition coefficient (Wildman–Crippen LogP) is 2.05. The molecule has 8 heteroatoms. The second-order valence-corrected chi connectivity index (χ2v) is 5.80. The molecule has 1 aromatic carbocycles. The van der Waals surface area contributed by atoms with Crippen molar-refractivity contribution >= 4 is 22.6 Å². The van der Waals surface area contributed by atoms with Crippen LogP contribution in [0.25, 0.3) is 16.7 Å². The van der Waals surface area contributed by atoms with Crippen LogP contribution in [0.3, 0.4) is 0 Å². The molecule has 0 aliphatic heterocycles. The van der Waals surface area contributed by atoms with Crippen LogP contribution in [0.4, 0.5) is 5.82 Å². The molecule has 0 spiro atoms. The standard InChI is InChI=1S/C19H17N7O/c27-19(16-7-6-14-4-1-2-5-15(14)23-16)21-12-11-20-17-8-9-18(25-24-17)26-13-3-10-22-26/h1-10,13H,11-12H2,(H,20,24)(H,21,27). The third kappa shape index (κ3) is 3.90. The Bertz CT molecular complexity index is 1050. The minimum Gasteiger partial charge on any atom is -0.367 e.